The van der Waals surface area contributed by atoms with Crippen LogP contribution in [-0.4, -0.2) is 5.90 Å². The lowest BCUT2D eigenvalue weighted by Gasteiger charge is -2.18. The van der Waals surface area contributed by atoms with Crippen LogP contribution in [0.1, 0.15) is 34.4 Å². The lowest BCUT2D eigenvalue weighted by Crippen LogP contribution is -2.09. The summed E-state index contributed by atoms with van der Waals surface area (Å²) >= 11 is 0. The zero-order valence-corrected chi connectivity index (χ0v) is 13.6. The molecule has 0 amide bonds. The quantitative estimate of drug-likeness (QED) is 0.647. The molecule has 0 fully saturated rings. The smallest absolute Gasteiger partial charge is 0.217 e. The van der Waals surface area contributed by atoms with Gasteiger partial charge >= 0.3 is 0 Å². The summed E-state index contributed by atoms with van der Waals surface area (Å²) in [7, 11) is 0. The van der Waals surface area contributed by atoms with Crippen LogP contribution in [0.5, 0.6) is 0 Å². The van der Waals surface area contributed by atoms with Crippen molar-refractivity contribution in [3.05, 3.63) is 107 Å². The number of benzene rings is 3. The number of ether oxygens (including phenoxy) is 1. The van der Waals surface area contributed by atoms with Gasteiger partial charge in [0.15, 0.2) is 6.10 Å². The van der Waals surface area contributed by atoms with Crippen LogP contribution in [0.4, 0.5) is 0 Å². The van der Waals surface area contributed by atoms with Crippen molar-refractivity contribution in [2.75, 3.05) is 0 Å². The summed E-state index contributed by atoms with van der Waals surface area (Å²) in [6.45, 7) is 2.08. The van der Waals surface area contributed by atoms with Gasteiger partial charge in [-0.1, -0.05) is 78.4 Å². The molecule has 1 heterocycles. The Hall–Kier alpha value is -2.87. The average Bonchev–Trinajstić information content (AvgIpc) is 3.09. The molecule has 0 spiro atoms. The fourth-order valence-corrected chi connectivity index (χ4v) is 3.04. The highest BCUT2D eigenvalue weighted by atomic mass is 16.5. The molecule has 24 heavy (non-hydrogen) atoms. The minimum absolute atomic E-state index is 0.0232. The van der Waals surface area contributed by atoms with Gasteiger partial charge in [-0.25, -0.2) is 4.99 Å². The third-order valence-corrected chi connectivity index (χ3v) is 4.35. The van der Waals surface area contributed by atoms with E-state index in [9.17, 15) is 0 Å². The monoisotopic (exact) mass is 313 g/mol. The Bertz CT molecular complexity index is 838. The minimum Gasteiger partial charge on any atom is -0.467 e. The molecule has 0 bridgehead atoms. The van der Waals surface area contributed by atoms with E-state index in [1.165, 1.54) is 11.1 Å². The molecule has 3 aromatic carbocycles. The molecule has 0 saturated carbocycles. The second kappa shape index (κ2) is 6.32. The summed E-state index contributed by atoms with van der Waals surface area (Å²) in [6, 6.07) is 29.0. The second-order valence-corrected chi connectivity index (χ2v) is 6.10. The number of hydrogen-bond donors (Lipinski definition) is 0. The number of aliphatic imine (C=N–C) groups is 1. The van der Waals surface area contributed by atoms with E-state index in [1.54, 1.807) is 0 Å². The van der Waals surface area contributed by atoms with E-state index < -0.39 is 0 Å². The lowest BCUT2D eigenvalue weighted by molar-refractivity contribution is 0.197. The maximum absolute atomic E-state index is 6.29. The van der Waals surface area contributed by atoms with Crippen LogP contribution in [-0.2, 0) is 4.74 Å². The first-order valence-corrected chi connectivity index (χ1v) is 8.23. The molecule has 2 unspecified atom stereocenters. The maximum Gasteiger partial charge on any atom is 0.217 e. The average molecular weight is 313 g/mol. The summed E-state index contributed by atoms with van der Waals surface area (Å²) in [5, 5.41) is 0. The van der Waals surface area contributed by atoms with Crippen LogP contribution in [0.3, 0.4) is 0 Å². The Kier molecular flexibility index (Phi) is 3.87. The normalized spacial score (nSPS) is 19.6. The molecule has 3 aromatic rings. The third kappa shape index (κ3) is 2.83. The molecule has 118 valence electrons. The summed E-state index contributed by atoms with van der Waals surface area (Å²) in [4.78, 5) is 4.91. The van der Waals surface area contributed by atoms with Gasteiger partial charge in [-0.05, 0) is 30.2 Å². The third-order valence-electron chi connectivity index (χ3n) is 4.35. The van der Waals surface area contributed by atoms with Crippen molar-refractivity contribution < 1.29 is 4.74 Å². The Morgan fingerprint density at radius 2 is 1.29 bits per heavy atom. The Labute approximate surface area is 142 Å². The number of hydrogen-bond acceptors (Lipinski definition) is 2. The van der Waals surface area contributed by atoms with Crippen molar-refractivity contribution in [1.29, 1.82) is 0 Å². The molecule has 1 aliphatic rings. The van der Waals surface area contributed by atoms with Crippen molar-refractivity contribution in [2.24, 2.45) is 4.99 Å². The Morgan fingerprint density at radius 3 is 1.92 bits per heavy atom. The SMILES string of the molecule is Cc1ccc(C2=NC(c3ccccc3)C(c3ccccc3)O2)cc1. The largest absolute Gasteiger partial charge is 0.467 e. The van der Waals surface area contributed by atoms with E-state index in [0.29, 0.717) is 0 Å². The molecule has 4 rings (SSSR count). The van der Waals surface area contributed by atoms with Gasteiger partial charge in [-0.2, -0.15) is 0 Å². The molecular weight excluding hydrogens is 294 g/mol. The van der Waals surface area contributed by atoms with E-state index in [4.69, 9.17) is 9.73 Å². The summed E-state index contributed by atoms with van der Waals surface area (Å²) in [6.07, 6.45) is -0.0927. The molecule has 0 saturated heterocycles. The van der Waals surface area contributed by atoms with E-state index in [-0.39, 0.29) is 12.1 Å². The predicted octanol–water partition coefficient (Wildman–Crippen LogP) is 5.25. The fourth-order valence-electron chi connectivity index (χ4n) is 3.04. The van der Waals surface area contributed by atoms with Crippen molar-refractivity contribution >= 4 is 5.90 Å². The van der Waals surface area contributed by atoms with Crippen molar-refractivity contribution in [3.8, 4) is 0 Å². The van der Waals surface area contributed by atoms with E-state index in [2.05, 4.69) is 67.6 Å². The molecule has 0 N–H and O–H groups in total. The highest BCUT2D eigenvalue weighted by Crippen LogP contribution is 2.40. The zero-order chi connectivity index (χ0) is 16.4. The van der Waals surface area contributed by atoms with Crippen LogP contribution in [0, 0.1) is 6.92 Å². The van der Waals surface area contributed by atoms with Crippen LogP contribution < -0.4 is 0 Å². The first-order valence-electron chi connectivity index (χ1n) is 8.23. The number of rotatable bonds is 3. The molecule has 0 aliphatic carbocycles. The lowest BCUT2D eigenvalue weighted by atomic mass is 9.97. The van der Waals surface area contributed by atoms with Gasteiger partial charge in [0, 0.05) is 5.56 Å². The molecule has 0 aromatic heterocycles. The van der Waals surface area contributed by atoms with Crippen LogP contribution in [0.15, 0.2) is 89.9 Å². The summed E-state index contributed by atoms with van der Waals surface area (Å²) < 4.78 is 6.29. The fraction of sp³-hybridized carbons (Fsp3) is 0.136. The molecular formula is C22H19NO. The van der Waals surface area contributed by atoms with Crippen molar-refractivity contribution in [1.82, 2.24) is 0 Å². The van der Waals surface area contributed by atoms with Crippen LogP contribution >= 0.6 is 0 Å². The predicted molar refractivity (Wildman–Crippen MR) is 97.2 cm³/mol. The molecule has 2 nitrogen and oxygen atoms in total. The maximum atomic E-state index is 6.29. The highest BCUT2D eigenvalue weighted by molar-refractivity contribution is 5.95. The van der Waals surface area contributed by atoms with Gasteiger partial charge in [0.2, 0.25) is 5.90 Å². The Balaban J connectivity index is 1.74. The van der Waals surface area contributed by atoms with E-state index in [0.717, 1.165) is 17.0 Å². The molecule has 1 aliphatic heterocycles. The standard InChI is InChI=1S/C22H19NO/c1-16-12-14-19(15-13-16)22-23-20(17-8-4-2-5-9-17)21(24-22)18-10-6-3-7-11-18/h2-15,20-21H,1H3. The topological polar surface area (TPSA) is 21.6 Å². The number of aryl methyl sites for hydroxylation is 1. The molecule has 0 radical (unpaired) electrons. The first-order chi connectivity index (χ1) is 11.8. The van der Waals surface area contributed by atoms with Gasteiger partial charge in [0.05, 0.1) is 0 Å². The Morgan fingerprint density at radius 1 is 0.708 bits per heavy atom. The van der Waals surface area contributed by atoms with Gasteiger partial charge in [-0.3, -0.25) is 0 Å². The minimum atomic E-state index is -0.0927. The zero-order valence-electron chi connectivity index (χ0n) is 13.6. The van der Waals surface area contributed by atoms with E-state index in [1.807, 2.05) is 24.3 Å². The van der Waals surface area contributed by atoms with Crippen molar-refractivity contribution in [3.63, 3.8) is 0 Å². The summed E-state index contributed by atoms with van der Waals surface area (Å²) in [5.41, 5.74) is 4.59. The van der Waals surface area contributed by atoms with E-state index >= 15 is 0 Å². The molecule has 2 atom stereocenters. The van der Waals surface area contributed by atoms with Crippen molar-refractivity contribution in [2.45, 2.75) is 19.1 Å². The summed E-state index contributed by atoms with van der Waals surface area (Å²) in [5.74, 6) is 0.720. The van der Waals surface area contributed by atoms with Crippen LogP contribution in [0.2, 0.25) is 0 Å². The van der Waals surface area contributed by atoms with Gasteiger partial charge < -0.3 is 4.74 Å². The van der Waals surface area contributed by atoms with Gasteiger partial charge in [0.25, 0.3) is 0 Å². The van der Waals surface area contributed by atoms with Gasteiger partial charge in [-0.15, -0.1) is 0 Å². The first kappa shape index (κ1) is 14.7. The second-order valence-electron chi connectivity index (χ2n) is 6.10. The highest BCUT2D eigenvalue weighted by Gasteiger charge is 2.33. The van der Waals surface area contributed by atoms with Gasteiger partial charge in [0.1, 0.15) is 6.04 Å². The molecule has 2 heteroatoms. The number of nitrogens with zero attached hydrogens (tertiary/aromatic N) is 1. The van der Waals surface area contributed by atoms with Crippen LogP contribution in [0.25, 0.3) is 0 Å².